The third-order valence-electron chi connectivity index (χ3n) is 4.28. The van der Waals surface area contributed by atoms with Gasteiger partial charge >= 0.3 is 0 Å². The summed E-state index contributed by atoms with van der Waals surface area (Å²) >= 11 is 0. The van der Waals surface area contributed by atoms with Crippen molar-refractivity contribution >= 4 is 16.9 Å². The highest BCUT2D eigenvalue weighted by atomic mass is 16.3. The van der Waals surface area contributed by atoms with E-state index in [1.807, 2.05) is 18.2 Å². The monoisotopic (exact) mass is 286 g/mol. The number of fused-ring (bicyclic) bond motifs is 1. The van der Waals surface area contributed by atoms with Crippen LogP contribution < -0.4 is 10.6 Å². The van der Waals surface area contributed by atoms with Crippen molar-refractivity contribution in [1.29, 1.82) is 0 Å². The van der Waals surface area contributed by atoms with Crippen LogP contribution in [0.25, 0.3) is 11.0 Å². The third kappa shape index (κ3) is 2.56. The second kappa shape index (κ2) is 5.53. The molecule has 4 heteroatoms. The molecule has 0 aliphatic carbocycles. The molecule has 1 amide bonds. The van der Waals surface area contributed by atoms with Crippen molar-refractivity contribution in [2.45, 2.75) is 26.8 Å². The number of carbonyl (C=O) groups excluding carboxylic acids is 1. The van der Waals surface area contributed by atoms with E-state index in [1.54, 1.807) is 0 Å². The van der Waals surface area contributed by atoms with Crippen molar-refractivity contribution in [2.24, 2.45) is 11.8 Å². The summed E-state index contributed by atoms with van der Waals surface area (Å²) in [5, 5.41) is 7.42. The SMILES string of the molecule is Cc1c(C(NC(=O)C2CNC2)C(C)C)oc2ccccc12. The molecule has 1 aromatic heterocycles. The first kappa shape index (κ1) is 14.1. The summed E-state index contributed by atoms with van der Waals surface area (Å²) < 4.78 is 6.02. The molecule has 0 bridgehead atoms. The summed E-state index contributed by atoms with van der Waals surface area (Å²) in [4.78, 5) is 12.2. The van der Waals surface area contributed by atoms with Gasteiger partial charge in [-0.25, -0.2) is 0 Å². The minimum atomic E-state index is -0.0782. The van der Waals surface area contributed by atoms with Gasteiger partial charge in [0.2, 0.25) is 5.91 Å². The van der Waals surface area contributed by atoms with Gasteiger partial charge in [-0.05, 0) is 18.9 Å². The fourth-order valence-corrected chi connectivity index (χ4v) is 2.77. The summed E-state index contributed by atoms with van der Waals surface area (Å²) in [5.74, 6) is 1.37. The lowest BCUT2D eigenvalue weighted by Crippen LogP contribution is -2.51. The Bertz CT molecular complexity index is 656. The molecule has 0 saturated carbocycles. The van der Waals surface area contributed by atoms with Crippen molar-refractivity contribution in [3.8, 4) is 0 Å². The first-order valence-corrected chi connectivity index (χ1v) is 7.57. The van der Waals surface area contributed by atoms with E-state index in [4.69, 9.17) is 4.42 Å². The summed E-state index contributed by atoms with van der Waals surface area (Å²) in [6.45, 7) is 7.83. The molecule has 1 saturated heterocycles. The van der Waals surface area contributed by atoms with Gasteiger partial charge in [-0.3, -0.25) is 4.79 Å². The van der Waals surface area contributed by atoms with Crippen LogP contribution in [0.2, 0.25) is 0 Å². The molecule has 0 spiro atoms. The van der Waals surface area contributed by atoms with Gasteiger partial charge in [0.15, 0.2) is 0 Å². The van der Waals surface area contributed by atoms with Gasteiger partial charge in [0.05, 0.1) is 12.0 Å². The first-order chi connectivity index (χ1) is 10.1. The number of amides is 1. The summed E-state index contributed by atoms with van der Waals surface area (Å²) in [5.41, 5.74) is 2.01. The van der Waals surface area contributed by atoms with Crippen LogP contribution in [-0.4, -0.2) is 19.0 Å². The quantitative estimate of drug-likeness (QED) is 0.908. The van der Waals surface area contributed by atoms with Crippen LogP contribution in [0.4, 0.5) is 0 Å². The molecule has 2 heterocycles. The number of furan rings is 1. The maximum absolute atomic E-state index is 12.2. The Kier molecular flexibility index (Phi) is 3.72. The largest absolute Gasteiger partial charge is 0.459 e. The fourth-order valence-electron chi connectivity index (χ4n) is 2.77. The molecule has 1 fully saturated rings. The molecule has 1 aliphatic heterocycles. The average molecular weight is 286 g/mol. The van der Waals surface area contributed by atoms with Crippen LogP contribution >= 0.6 is 0 Å². The van der Waals surface area contributed by atoms with E-state index in [0.29, 0.717) is 0 Å². The summed E-state index contributed by atoms with van der Waals surface area (Å²) in [6.07, 6.45) is 0. The Balaban J connectivity index is 1.91. The molecule has 1 aromatic carbocycles. The molecule has 112 valence electrons. The van der Waals surface area contributed by atoms with E-state index in [0.717, 1.165) is 35.4 Å². The van der Waals surface area contributed by atoms with Crippen molar-refractivity contribution in [2.75, 3.05) is 13.1 Å². The zero-order valence-corrected chi connectivity index (χ0v) is 12.8. The van der Waals surface area contributed by atoms with Crippen LogP contribution in [0.1, 0.15) is 31.2 Å². The highest BCUT2D eigenvalue weighted by molar-refractivity contribution is 5.83. The van der Waals surface area contributed by atoms with Crippen LogP contribution in [0, 0.1) is 18.8 Å². The van der Waals surface area contributed by atoms with Crippen LogP contribution in [0.15, 0.2) is 28.7 Å². The Hall–Kier alpha value is -1.81. The molecule has 0 radical (unpaired) electrons. The van der Waals surface area contributed by atoms with E-state index in [1.165, 1.54) is 0 Å². The summed E-state index contributed by atoms with van der Waals surface area (Å²) in [6, 6.07) is 7.94. The van der Waals surface area contributed by atoms with Gasteiger partial charge in [-0.1, -0.05) is 32.0 Å². The predicted molar refractivity (Wildman–Crippen MR) is 83.0 cm³/mol. The van der Waals surface area contributed by atoms with Crippen LogP contribution in [-0.2, 0) is 4.79 Å². The number of nitrogens with one attached hydrogen (secondary N) is 2. The number of para-hydroxylation sites is 1. The maximum Gasteiger partial charge on any atom is 0.226 e. The standard InChI is InChI=1S/C17H22N2O2/c1-10(2)15(19-17(20)12-8-18-9-12)16-11(3)13-6-4-5-7-14(13)21-16/h4-7,10,12,15,18H,8-9H2,1-3H3,(H,19,20). The average Bonchev–Trinajstić information content (AvgIpc) is 2.71. The van der Waals surface area contributed by atoms with Crippen molar-refractivity contribution in [3.63, 3.8) is 0 Å². The van der Waals surface area contributed by atoms with Crippen LogP contribution in [0.3, 0.4) is 0 Å². The van der Waals surface area contributed by atoms with Gasteiger partial charge in [-0.15, -0.1) is 0 Å². The number of hydrogen-bond donors (Lipinski definition) is 2. The van der Waals surface area contributed by atoms with E-state index >= 15 is 0 Å². The molecule has 21 heavy (non-hydrogen) atoms. The predicted octanol–water partition coefficient (Wildman–Crippen LogP) is 2.77. The van der Waals surface area contributed by atoms with E-state index in [2.05, 4.69) is 37.5 Å². The Morgan fingerprint density at radius 2 is 2.05 bits per heavy atom. The lowest BCUT2D eigenvalue weighted by atomic mass is 9.96. The van der Waals surface area contributed by atoms with E-state index < -0.39 is 0 Å². The molecular weight excluding hydrogens is 264 g/mol. The molecule has 2 aromatic rings. The van der Waals surface area contributed by atoms with Gasteiger partial charge in [0.25, 0.3) is 0 Å². The molecule has 1 atom stereocenters. The Morgan fingerprint density at radius 3 is 2.62 bits per heavy atom. The topological polar surface area (TPSA) is 54.3 Å². The van der Waals surface area contributed by atoms with Crippen LogP contribution in [0.5, 0.6) is 0 Å². The molecular formula is C17H22N2O2. The van der Waals surface area contributed by atoms with Gasteiger partial charge < -0.3 is 15.1 Å². The van der Waals surface area contributed by atoms with Crippen molar-refractivity contribution in [1.82, 2.24) is 10.6 Å². The summed E-state index contributed by atoms with van der Waals surface area (Å²) in [7, 11) is 0. The minimum absolute atomic E-state index is 0.0782. The second-order valence-corrected chi connectivity index (χ2v) is 6.17. The maximum atomic E-state index is 12.2. The fraction of sp³-hybridized carbons (Fsp3) is 0.471. The van der Waals surface area contributed by atoms with Gasteiger partial charge in [-0.2, -0.15) is 0 Å². The molecule has 1 unspecified atom stereocenters. The normalized spacial score (nSPS) is 17.0. The Morgan fingerprint density at radius 1 is 1.33 bits per heavy atom. The second-order valence-electron chi connectivity index (χ2n) is 6.17. The number of benzene rings is 1. The molecule has 4 nitrogen and oxygen atoms in total. The van der Waals surface area contributed by atoms with Crippen molar-refractivity contribution in [3.05, 3.63) is 35.6 Å². The lowest BCUT2D eigenvalue weighted by molar-refractivity contribution is -0.127. The number of carbonyl (C=O) groups is 1. The van der Waals surface area contributed by atoms with Gasteiger partial charge in [0, 0.05) is 24.0 Å². The van der Waals surface area contributed by atoms with E-state index in [-0.39, 0.29) is 23.8 Å². The smallest absolute Gasteiger partial charge is 0.226 e. The minimum Gasteiger partial charge on any atom is -0.459 e. The van der Waals surface area contributed by atoms with Gasteiger partial charge in [0.1, 0.15) is 11.3 Å². The molecule has 1 aliphatic rings. The van der Waals surface area contributed by atoms with E-state index in [9.17, 15) is 4.79 Å². The Labute approximate surface area is 124 Å². The third-order valence-corrected chi connectivity index (χ3v) is 4.28. The number of aryl methyl sites for hydroxylation is 1. The number of hydrogen-bond acceptors (Lipinski definition) is 3. The lowest BCUT2D eigenvalue weighted by Gasteiger charge is -2.29. The number of rotatable bonds is 4. The zero-order chi connectivity index (χ0) is 15.0. The molecule has 2 N–H and O–H groups in total. The van der Waals surface area contributed by atoms with Crippen molar-refractivity contribution < 1.29 is 9.21 Å². The zero-order valence-electron chi connectivity index (χ0n) is 12.8. The highest BCUT2D eigenvalue weighted by Crippen LogP contribution is 2.32. The molecule has 3 rings (SSSR count). The highest BCUT2D eigenvalue weighted by Gasteiger charge is 2.30. The first-order valence-electron chi connectivity index (χ1n) is 7.57.